The van der Waals surface area contributed by atoms with Crippen molar-refractivity contribution in [3.8, 4) is 11.3 Å². The number of carbonyl (C=O) groups is 1. The third-order valence-corrected chi connectivity index (χ3v) is 3.75. The molecule has 3 N–H and O–H groups in total. The Labute approximate surface area is 146 Å². The second kappa shape index (κ2) is 9.30. The predicted molar refractivity (Wildman–Crippen MR) is 96.3 cm³/mol. The van der Waals surface area contributed by atoms with Crippen molar-refractivity contribution in [2.24, 2.45) is 0 Å². The van der Waals surface area contributed by atoms with Gasteiger partial charge in [0.15, 0.2) is 0 Å². The van der Waals surface area contributed by atoms with Crippen LogP contribution in [0.25, 0.3) is 11.3 Å². The van der Waals surface area contributed by atoms with E-state index in [-0.39, 0.29) is 12.6 Å². The molecule has 24 heavy (non-hydrogen) atoms. The number of unbranched alkanes of at least 4 members (excludes halogenated alkanes) is 2. The van der Waals surface area contributed by atoms with Crippen molar-refractivity contribution in [3.63, 3.8) is 0 Å². The number of benzene rings is 1. The summed E-state index contributed by atoms with van der Waals surface area (Å²) in [6.07, 6.45) is 3.14. The highest BCUT2D eigenvalue weighted by Gasteiger charge is 2.12. The van der Waals surface area contributed by atoms with Crippen molar-refractivity contribution in [3.05, 3.63) is 35.4 Å². The lowest BCUT2D eigenvalue weighted by molar-refractivity contribution is 0.251. The van der Waals surface area contributed by atoms with Gasteiger partial charge in [-0.2, -0.15) is 5.10 Å². The zero-order valence-corrected chi connectivity index (χ0v) is 14.5. The van der Waals surface area contributed by atoms with Gasteiger partial charge in [-0.1, -0.05) is 43.5 Å². The number of nitrogens with zero attached hydrogens (tertiary/aromatic N) is 2. The van der Waals surface area contributed by atoms with E-state index in [2.05, 4.69) is 22.7 Å². The molecule has 1 heterocycles. The van der Waals surface area contributed by atoms with Crippen LogP contribution in [0.3, 0.4) is 0 Å². The van der Waals surface area contributed by atoms with Gasteiger partial charge in [-0.3, -0.25) is 5.32 Å². The van der Waals surface area contributed by atoms with Gasteiger partial charge in [0.1, 0.15) is 5.82 Å². The van der Waals surface area contributed by atoms with Gasteiger partial charge in [0.05, 0.1) is 18.8 Å². The van der Waals surface area contributed by atoms with Crippen LogP contribution < -0.4 is 10.6 Å². The van der Waals surface area contributed by atoms with E-state index in [1.54, 1.807) is 16.8 Å². The first-order valence-electron chi connectivity index (χ1n) is 8.13. The summed E-state index contributed by atoms with van der Waals surface area (Å²) >= 11 is 6.02. The molecule has 2 aromatic rings. The molecule has 2 amide bonds. The average molecular weight is 351 g/mol. The maximum atomic E-state index is 12.0. The second-order valence-electron chi connectivity index (χ2n) is 5.46. The SMILES string of the molecule is CCCCCNC(=O)Nc1cc(-c2cccc(Cl)c2)nn1CCO. The van der Waals surface area contributed by atoms with E-state index in [1.807, 2.05) is 18.2 Å². The fourth-order valence-electron chi connectivity index (χ4n) is 2.31. The Morgan fingerprint density at radius 3 is 2.88 bits per heavy atom. The number of aliphatic hydroxyl groups excluding tert-OH is 1. The third kappa shape index (κ3) is 5.25. The van der Waals surface area contributed by atoms with Crippen LogP contribution in [0, 0.1) is 0 Å². The molecule has 130 valence electrons. The molecule has 0 bridgehead atoms. The van der Waals surface area contributed by atoms with E-state index in [9.17, 15) is 9.90 Å². The van der Waals surface area contributed by atoms with Crippen LogP contribution in [0.4, 0.5) is 10.6 Å². The predicted octanol–water partition coefficient (Wildman–Crippen LogP) is 3.51. The number of aromatic nitrogens is 2. The van der Waals surface area contributed by atoms with E-state index < -0.39 is 0 Å². The number of amides is 2. The Bertz CT molecular complexity index is 672. The van der Waals surface area contributed by atoms with Gasteiger partial charge in [-0.15, -0.1) is 0 Å². The number of hydrogen-bond acceptors (Lipinski definition) is 3. The van der Waals surface area contributed by atoms with Crippen LogP contribution in [-0.4, -0.2) is 34.1 Å². The summed E-state index contributed by atoms with van der Waals surface area (Å²) in [4.78, 5) is 12.0. The summed E-state index contributed by atoms with van der Waals surface area (Å²) in [7, 11) is 0. The van der Waals surface area contributed by atoms with Gasteiger partial charge in [-0.25, -0.2) is 9.48 Å². The zero-order chi connectivity index (χ0) is 17.4. The molecule has 0 fully saturated rings. The number of anilines is 1. The maximum Gasteiger partial charge on any atom is 0.320 e. The molecule has 1 aromatic carbocycles. The van der Waals surface area contributed by atoms with E-state index in [1.165, 1.54) is 0 Å². The van der Waals surface area contributed by atoms with E-state index >= 15 is 0 Å². The maximum absolute atomic E-state index is 12.0. The molecular weight excluding hydrogens is 328 g/mol. The number of halogens is 1. The highest BCUT2D eigenvalue weighted by molar-refractivity contribution is 6.30. The van der Waals surface area contributed by atoms with Gasteiger partial charge in [0, 0.05) is 23.2 Å². The summed E-state index contributed by atoms with van der Waals surface area (Å²) in [5, 5.41) is 19.8. The van der Waals surface area contributed by atoms with E-state index in [0.29, 0.717) is 29.6 Å². The van der Waals surface area contributed by atoms with Crippen molar-refractivity contribution < 1.29 is 9.90 Å². The Morgan fingerprint density at radius 1 is 1.33 bits per heavy atom. The first-order valence-corrected chi connectivity index (χ1v) is 8.51. The Kier molecular flexibility index (Phi) is 7.08. The number of aliphatic hydroxyl groups is 1. The van der Waals surface area contributed by atoms with Gasteiger partial charge in [0.2, 0.25) is 0 Å². The quantitative estimate of drug-likeness (QED) is 0.637. The zero-order valence-electron chi connectivity index (χ0n) is 13.8. The van der Waals surface area contributed by atoms with Crippen molar-refractivity contribution in [1.29, 1.82) is 0 Å². The third-order valence-electron chi connectivity index (χ3n) is 3.52. The monoisotopic (exact) mass is 350 g/mol. The van der Waals surface area contributed by atoms with Crippen LogP contribution in [0.15, 0.2) is 30.3 Å². The molecule has 0 aliphatic rings. The first-order chi connectivity index (χ1) is 11.6. The largest absolute Gasteiger partial charge is 0.394 e. The summed E-state index contributed by atoms with van der Waals surface area (Å²) in [5.74, 6) is 0.534. The number of carbonyl (C=O) groups excluding carboxylic acids is 1. The van der Waals surface area contributed by atoms with Crippen LogP contribution >= 0.6 is 11.6 Å². The molecule has 6 nitrogen and oxygen atoms in total. The number of nitrogens with one attached hydrogen (secondary N) is 2. The first kappa shape index (κ1) is 18.3. The molecule has 0 unspecified atom stereocenters. The van der Waals surface area contributed by atoms with Gasteiger partial charge in [-0.05, 0) is 18.6 Å². The highest BCUT2D eigenvalue weighted by atomic mass is 35.5. The molecular formula is C17H23ClN4O2. The summed E-state index contributed by atoms with van der Waals surface area (Å²) < 4.78 is 1.57. The molecule has 0 aliphatic carbocycles. The number of rotatable bonds is 8. The standard InChI is InChI=1S/C17H23ClN4O2/c1-2-3-4-8-19-17(24)20-16-12-15(21-22(16)9-10-23)13-6-5-7-14(18)11-13/h5-7,11-12,23H,2-4,8-10H2,1H3,(H2,19,20,24). The van der Waals surface area contributed by atoms with Crippen LogP contribution in [-0.2, 0) is 6.54 Å². The molecule has 0 radical (unpaired) electrons. The van der Waals surface area contributed by atoms with Gasteiger partial charge < -0.3 is 10.4 Å². The van der Waals surface area contributed by atoms with E-state index in [4.69, 9.17) is 11.6 Å². The molecule has 2 rings (SSSR count). The average Bonchev–Trinajstić information content (AvgIpc) is 2.95. The minimum absolute atomic E-state index is 0.0660. The smallest absolute Gasteiger partial charge is 0.320 e. The highest BCUT2D eigenvalue weighted by Crippen LogP contribution is 2.24. The molecule has 0 spiro atoms. The second-order valence-corrected chi connectivity index (χ2v) is 5.90. The van der Waals surface area contributed by atoms with Crippen LogP contribution in [0.2, 0.25) is 5.02 Å². The number of urea groups is 1. The summed E-state index contributed by atoms with van der Waals surface area (Å²) in [6.45, 7) is 2.98. The lowest BCUT2D eigenvalue weighted by Gasteiger charge is -2.08. The molecule has 0 aliphatic heterocycles. The van der Waals surface area contributed by atoms with E-state index in [0.717, 1.165) is 24.8 Å². The fraction of sp³-hybridized carbons (Fsp3) is 0.412. The van der Waals surface area contributed by atoms with Gasteiger partial charge in [0.25, 0.3) is 0 Å². The van der Waals surface area contributed by atoms with Crippen molar-refractivity contribution in [1.82, 2.24) is 15.1 Å². The molecule has 0 saturated heterocycles. The summed E-state index contributed by atoms with van der Waals surface area (Å²) in [5.41, 5.74) is 1.54. The molecule has 1 aromatic heterocycles. The Morgan fingerprint density at radius 2 is 2.17 bits per heavy atom. The molecule has 7 heteroatoms. The van der Waals surface area contributed by atoms with Crippen molar-refractivity contribution >= 4 is 23.4 Å². The molecule has 0 saturated carbocycles. The fourth-order valence-corrected chi connectivity index (χ4v) is 2.50. The minimum Gasteiger partial charge on any atom is -0.394 e. The lowest BCUT2D eigenvalue weighted by Crippen LogP contribution is -2.30. The normalized spacial score (nSPS) is 10.6. The van der Waals surface area contributed by atoms with Crippen molar-refractivity contribution in [2.45, 2.75) is 32.7 Å². The lowest BCUT2D eigenvalue weighted by atomic mass is 10.1. The number of hydrogen-bond donors (Lipinski definition) is 3. The van der Waals surface area contributed by atoms with Crippen molar-refractivity contribution in [2.75, 3.05) is 18.5 Å². The molecule has 0 atom stereocenters. The minimum atomic E-state index is -0.275. The Balaban J connectivity index is 2.09. The Hall–Kier alpha value is -2.05. The van der Waals surface area contributed by atoms with Crippen LogP contribution in [0.1, 0.15) is 26.2 Å². The van der Waals surface area contributed by atoms with Crippen LogP contribution in [0.5, 0.6) is 0 Å². The topological polar surface area (TPSA) is 79.2 Å². The van der Waals surface area contributed by atoms with Gasteiger partial charge >= 0.3 is 6.03 Å². The summed E-state index contributed by atoms with van der Waals surface area (Å²) in [6, 6.07) is 8.83.